The average molecular weight is 192 g/mol. The summed E-state index contributed by atoms with van der Waals surface area (Å²) < 4.78 is 13.2. The van der Waals surface area contributed by atoms with Crippen molar-refractivity contribution in [3.05, 3.63) is 0 Å². The van der Waals surface area contributed by atoms with Gasteiger partial charge in [0.15, 0.2) is 0 Å². The van der Waals surface area contributed by atoms with Gasteiger partial charge in [0.1, 0.15) is 0 Å². The van der Waals surface area contributed by atoms with Crippen LogP contribution in [0.25, 0.3) is 0 Å². The first kappa shape index (κ1) is 13.9. The molecule has 0 fully saturated rings. The summed E-state index contributed by atoms with van der Waals surface area (Å²) in [5.74, 6) is -2.59. The second-order valence-corrected chi connectivity index (χ2v) is 2.59. The van der Waals surface area contributed by atoms with Gasteiger partial charge in [-0.15, -0.1) is 0 Å². The maximum Gasteiger partial charge on any atom is 1.00 e. The zero-order valence-electron chi connectivity index (χ0n) is 6.97. The van der Waals surface area contributed by atoms with E-state index >= 15 is 0 Å². The summed E-state index contributed by atoms with van der Waals surface area (Å²) in [6.07, 6.45) is 0. The Hall–Kier alpha value is 0.290. The van der Waals surface area contributed by atoms with E-state index in [4.69, 9.17) is 9.79 Å². The minimum Gasteiger partial charge on any atom is -1.00 e. The summed E-state index contributed by atoms with van der Waals surface area (Å²) in [5, 5.41) is 0. The first-order chi connectivity index (χ1) is 4.33. The third-order valence-corrected chi connectivity index (χ3v) is 0.893. The Balaban J connectivity index is -0.000000405. The molecule has 0 bridgehead atoms. The van der Waals surface area contributed by atoms with Crippen molar-refractivity contribution in [1.29, 1.82) is 0 Å². The summed E-state index contributed by atoms with van der Waals surface area (Å²) in [4.78, 5) is 36.0. The molecule has 0 saturated carbocycles. The Kier molecular flexibility index (Phi) is 6.33. The Labute approximate surface area is 85.9 Å². The van der Waals surface area contributed by atoms with Gasteiger partial charge in [-0.05, 0) is 0 Å². The molecule has 0 aromatic carbocycles. The number of phosphoric ester groups is 1. The molecule has 0 unspecified atom stereocenters. The molecule has 0 amide bonds. The fourth-order valence-electron chi connectivity index (χ4n) is 0.172. The predicted molar refractivity (Wildman–Crippen MR) is 29.9 cm³/mol. The number of rotatable bonds is 2. The van der Waals surface area contributed by atoms with Crippen LogP contribution >= 0.6 is 7.82 Å². The SMILES string of the molecule is CC(=O)C(=O)OP(=O)(O)O.[H-].[Na+]. The van der Waals surface area contributed by atoms with E-state index in [1.165, 1.54) is 0 Å². The molecule has 0 aromatic heterocycles. The van der Waals surface area contributed by atoms with E-state index in [1.54, 1.807) is 0 Å². The van der Waals surface area contributed by atoms with Gasteiger partial charge in [-0.25, -0.2) is 9.36 Å². The standard InChI is InChI=1S/C3H5O6P.Na.H/c1-2(4)3(5)9-10(6,7)8;;/h1H3,(H2,6,7,8);;/q;+1;-1. The van der Waals surface area contributed by atoms with Crippen LogP contribution in [0.5, 0.6) is 0 Å². The van der Waals surface area contributed by atoms with Crippen molar-refractivity contribution >= 4 is 19.6 Å². The van der Waals surface area contributed by atoms with Crippen LogP contribution in [0.3, 0.4) is 0 Å². The molecule has 0 aliphatic carbocycles. The van der Waals surface area contributed by atoms with Crippen molar-refractivity contribution in [3.63, 3.8) is 0 Å². The zero-order chi connectivity index (χ0) is 8.36. The molecule has 0 heterocycles. The van der Waals surface area contributed by atoms with Crippen molar-refractivity contribution in [2.75, 3.05) is 0 Å². The Morgan fingerprint density at radius 1 is 1.45 bits per heavy atom. The molecule has 2 N–H and O–H groups in total. The second-order valence-electron chi connectivity index (χ2n) is 1.43. The molecule has 0 spiro atoms. The van der Waals surface area contributed by atoms with E-state index in [9.17, 15) is 14.2 Å². The molecule has 0 aliphatic heterocycles. The molecule has 0 atom stereocenters. The van der Waals surface area contributed by atoms with E-state index in [-0.39, 0.29) is 31.0 Å². The topological polar surface area (TPSA) is 101 Å². The number of phosphoric acid groups is 1. The summed E-state index contributed by atoms with van der Waals surface area (Å²) in [6.45, 7) is 0.845. The number of Topliss-reactive ketones (excluding diaryl/α,β-unsaturated/α-hetero) is 1. The number of carbonyl (C=O) groups excluding carboxylic acids is 2. The van der Waals surface area contributed by atoms with Gasteiger partial charge in [0.25, 0.3) is 0 Å². The summed E-state index contributed by atoms with van der Waals surface area (Å²) in [5.41, 5.74) is 0. The van der Waals surface area contributed by atoms with Gasteiger partial charge in [0.05, 0.1) is 0 Å². The Morgan fingerprint density at radius 2 is 1.82 bits per heavy atom. The van der Waals surface area contributed by atoms with Crippen LogP contribution in [0, 0.1) is 0 Å². The molecule has 0 radical (unpaired) electrons. The van der Waals surface area contributed by atoms with E-state index in [0.29, 0.717) is 0 Å². The van der Waals surface area contributed by atoms with Crippen LogP contribution in [-0.2, 0) is 18.7 Å². The predicted octanol–water partition coefficient (Wildman–Crippen LogP) is -3.67. The maximum atomic E-state index is 10.1. The first-order valence-electron chi connectivity index (χ1n) is 2.13. The van der Waals surface area contributed by atoms with E-state index in [1.807, 2.05) is 0 Å². The van der Waals surface area contributed by atoms with Gasteiger partial charge < -0.3 is 5.95 Å². The number of hydrogen-bond acceptors (Lipinski definition) is 4. The summed E-state index contributed by atoms with van der Waals surface area (Å²) in [7, 11) is -4.85. The molecule has 11 heavy (non-hydrogen) atoms. The fraction of sp³-hybridized carbons (Fsp3) is 0.333. The van der Waals surface area contributed by atoms with E-state index in [0.717, 1.165) is 6.92 Å². The second kappa shape index (κ2) is 5.03. The van der Waals surface area contributed by atoms with Crippen molar-refractivity contribution in [2.24, 2.45) is 0 Å². The largest absolute Gasteiger partial charge is 1.00 e. The molecular formula is C3H6NaO6P. The average Bonchev–Trinajstić information content (AvgIpc) is 1.60. The first-order valence-corrected chi connectivity index (χ1v) is 3.66. The van der Waals surface area contributed by atoms with Crippen LogP contribution in [0.15, 0.2) is 0 Å². The van der Waals surface area contributed by atoms with E-state index < -0.39 is 19.6 Å². The van der Waals surface area contributed by atoms with Crippen LogP contribution < -0.4 is 29.6 Å². The minimum absolute atomic E-state index is 0. The molecule has 0 rings (SSSR count). The van der Waals surface area contributed by atoms with Gasteiger partial charge in [-0.1, -0.05) is 0 Å². The number of carbonyl (C=O) groups is 2. The third kappa shape index (κ3) is 8.19. The Bertz CT molecular complexity index is 211. The smallest absolute Gasteiger partial charge is 1.00 e. The van der Waals surface area contributed by atoms with Crippen molar-refractivity contribution in [3.8, 4) is 0 Å². The van der Waals surface area contributed by atoms with Gasteiger partial charge in [0.2, 0.25) is 5.78 Å². The van der Waals surface area contributed by atoms with Crippen LogP contribution in [0.1, 0.15) is 8.35 Å². The number of hydrogen-bond donors (Lipinski definition) is 2. The fourth-order valence-corrected chi connectivity index (χ4v) is 0.517. The monoisotopic (exact) mass is 192 g/mol. The van der Waals surface area contributed by atoms with Gasteiger partial charge >= 0.3 is 43.3 Å². The zero-order valence-corrected chi connectivity index (χ0v) is 8.87. The maximum absolute atomic E-state index is 10.1. The summed E-state index contributed by atoms with van der Waals surface area (Å²) >= 11 is 0. The third-order valence-electron chi connectivity index (χ3n) is 0.489. The molecule has 0 aromatic rings. The van der Waals surface area contributed by atoms with Gasteiger partial charge in [-0.2, -0.15) is 0 Å². The molecule has 60 valence electrons. The van der Waals surface area contributed by atoms with Crippen LogP contribution in [0.2, 0.25) is 0 Å². The summed E-state index contributed by atoms with van der Waals surface area (Å²) in [6, 6.07) is 0. The van der Waals surface area contributed by atoms with Crippen LogP contribution in [0.4, 0.5) is 0 Å². The van der Waals surface area contributed by atoms with Crippen molar-refractivity contribution in [1.82, 2.24) is 0 Å². The number of ketones is 1. The van der Waals surface area contributed by atoms with Gasteiger partial charge in [-0.3, -0.25) is 14.6 Å². The molecular weight excluding hydrogens is 186 g/mol. The van der Waals surface area contributed by atoms with Crippen molar-refractivity contribution in [2.45, 2.75) is 6.92 Å². The quantitative estimate of drug-likeness (QED) is 0.265. The van der Waals surface area contributed by atoms with Gasteiger partial charge in [0, 0.05) is 6.92 Å². The molecule has 8 heteroatoms. The molecule has 0 saturated heterocycles. The molecule has 0 aliphatic rings. The normalized spacial score (nSPS) is 9.73. The Morgan fingerprint density at radius 3 is 1.91 bits per heavy atom. The van der Waals surface area contributed by atoms with E-state index in [2.05, 4.69) is 4.52 Å². The minimum atomic E-state index is -4.85. The molecule has 6 nitrogen and oxygen atoms in total. The van der Waals surface area contributed by atoms with Crippen molar-refractivity contribution < 1.29 is 59.4 Å². The van der Waals surface area contributed by atoms with Crippen LogP contribution in [-0.4, -0.2) is 21.5 Å².